The molecular formula is C17H20N2O2. The number of aryl methyl sites for hydroxylation is 1. The molecule has 0 fully saturated rings. The van der Waals surface area contributed by atoms with Gasteiger partial charge in [0.1, 0.15) is 0 Å². The molecule has 0 radical (unpaired) electrons. The summed E-state index contributed by atoms with van der Waals surface area (Å²) in [5, 5.41) is 0. The lowest BCUT2D eigenvalue weighted by Gasteiger charge is -2.20. The van der Waals surface area contributed by atoms with Crippen molar-refractivity contribution in [3.8, 4) is 5.75 Å². The van der Waals surface area contributed by atoms with Crippen LogP contribution in [-0.2, 0) is 0 Å². The smallest absolute Gasteiger partial charge is 0.261 e. The molecule has 0 bridgehead atoms. The number of rotatable bonds is 4. The van der Waals surface area contributed by atoms with Crippen LogP contribution in [0.5, 0.6) is 5.75 Å². The molecule has 0 spiro atoms. The first-order chi connectivity index (χ1) is 10.0. The van der Waals surface area contributed by atoms with Crippen LogP contribution in [0.1, 0.15) is 22.8 Å². The minimum Gasteiger partial charge on any atom is -0.491 e. The summed E-state index contributed by atoms with van der Waals surface area (Å²) in [6, 6.07) is 13.0. The van der Waals surface area contributed by atoms with E-state index in [1.807, 2.05) is 38.1 Å². The van der Waals surface area contributed by atoms with Crippen LogP contribution in [0, 0.1) is 6.92 Å². The SMILES string of the molecule is CCOc1c(N)cccc1C(=O)N(C)c1cccc(C)c1. The van der Waals surface area contributed by atoms with Gasteiger partial charge in [0.2, 0.25) is 0 Å². The lowest BCUT2D eigenvalue weighted by molar-refractivity contribution is 0.0989. The molecule has 0 unspecified atom stereocenters. The average molecular weight is 284 g/mol. The molecule has 0 aromatic heterocycles. The van der Waals surface area contributed by atoms with E-state index in [1.54, 1.807) is 30.1 Å². The fraction of sp³-hybridized carbons (Fsp3) is 0.235. The molecule has 2 aromatic carbocycles. The summed E-state index contributed by atoms with van der Waals surface area (Å²) in [5.41, 5.74) is 8.80. The predicted octanol–water partition coefficient (Wildman–Crippen LogP) is 3.25. The van der Waals surface area contributed by atoms with Crippen molar-refractivity contribution in [1.29, 1.82) is 0 Å². The number of carbonyl (C=O) groups excluding carboxylic acids is 1. The molecule has 0 aliphatic heterocycles. The number of hydrogen-bond donors (Lipinski definition) is 1. The minimum absolute atomic E-state index is 0.142. The number of carbonyl (C=O) groups is 1. The molecule has 0 atom stereocenters. The molecule has 2 rings (SSSR count). The van der Waals surface area contributed by atoms with Gasteiger partial charge in [0.15, 0.2) is 5.75 Å². The number of hydrogen-bond acceptors (Lipinski definition) is 3. The maximum absolute atomic E-state index is 12.7. The number of nitrogens with zero attached hydrogens (tertiary/aromatic N) is 1. The van der Waals surface area contributed by atoms with Crippen molar-refractivity contribution >= 4 is 17.3 Å². The molecule has 21 heavy (non-hydrogen) atoms. The normalized spacial score (nSPS) is 10.2. The van der Waals surface area contributed by atoms with Crippen LogP contribution in [0.3, 0.4) is 0 Å². The molecule has 0 saturated heterocycles. The Morgan fingerprint density at radius 2 is 1.95 bits per heavy atom. The van der Waals surface area contributed by atoms with Crippen LogP contribution < -0.4 is 15.4 Å². The van der Waals surface area contributed by atoms with E-state index >= 15 is 0 Å². The standard InChI is InChI=1S/C17H20N2O2/c1-4-21-16-14(9-6-10-15(16)18)17(20)19(3)13-8-5-7-12(2)11-13/h5-11H,4,18H2,1-3H3. The molecule has 0 saturated carbocycles. The van der Waals surface area contributed by atoms with Gasteiger partial charge in [-0.2, -0.15) is 0 Å². The van der Waals surface area contributed by atoms with E-state index in [9.17, 15) is 4.79 Å². The van der Waals surface area contributed by atoms with Crippen LogP contribution in [0.15, 0.2) is 42.5 Å². The number of anilines is 2. The topological polar surface area (TPSA) is 55.6 Å². The first-order valence-electron chi connectivity index (χ1n) is 6.90. The number of ether oxygens (including phenoxy) is 1. The third-order valence-electron chi connectivity index (χ3n) is 3.26. The van der Waals surface area contributed by atoms with E-state index in [1.165, 1.54) is 0 Å². The van der Waals surface area contributed by atoms with Crippen LogP contribution in [0.2, 0.25) is 0 Å². The van der Waals surface area contributed by atoms with Gasteiger partial charge in [0.25, 0.3) is 5.91 Å². The Morgan fingerprint density at radius 1 is 1.24 bits per heavy atom. The Hall–Kier alpha value is -2.49. The predicted molar refractivity (Wildman–Crippen MR) is 85.9 cm³/mol. The summed E-state index contributed by atoms with van der Waals surface area (Å²) in [6.07, 6.45) is 0. The zero-order chi connectivity index (χ0) is 15.4. The van der Waals surface area contributed by atoms with Gasteiger partial charge in [0, 0.05) is 12.7 Å². The van der Waals surface area contributed by atoms with Gasteiger partial charge in [0.05, 0.1) is 17.9 Å². The van der Waals surface area contributed by atoms with E-state index in [0.29, 0.717) is 23.6 Å². The molecule has 0 heterocycles. The van der Waals surface area contributed by atoms with Gasteiger partial charge in [-0.1, -0.05) is 18.2 Å². The van der Waals surface area contributed by atoms with Gasteiger partial charge in [-0.05, 0) is 43.7 Å². The fourth-order valence-corrected chi connectivity index (χ4v) is 2.16. The zero-order valence-electron chi connectivity index (χ0n) is 12.6. The number of para-hydroxylation sites is 1. The monoisotopic (exact) mass is 284 g/mol. The number of nitrogen functional groups attached to an aromatic ring is 1. The Balaban J connectivity index is 2.38. The van der Waals surface area contributed by atoms with E-state index < -0.39 is 0 Å². The second-order valence-corrected chi connectivity index (χ2v) is 4.86. The number of benzene rings is 2. The van der Waals surface area contributed by atoms with Crippen molar-refractivity contribution in [2.75, 3.05) is 24.3 Å². The largest absolute Gasteiger partial charge is 0.491 e. The average Bonchev–Trinajstić information content (AvgIpc) is 2.48. The van der Waals surface area contributed by atoms with Crippen molar-refractivity contribution in [3.05, 3.63) is 53.6 Å². The highest BCUT2D eigenvalue weighted by Gasteiger charge is 2.19. The van der Waals surface area contributed by atoms with E-state index in [0.717, 1.165) is 11.3 Å². The first-order valence-corrected chi connectivity index (χ1v) is 6.90. The van der Waals surface area contributed by atoms with E-state index in [4.69, 9.17) is 10.5 Å². The van der Waals surface area contributed by atoms with Crippen molar-refractivity contribution in [3.63, 3.8) is 0 Å². The summed E-state index contributed by atoms with van der Waals surface area (Å²) in [4.78, 5) is 14.3. The molecule has 0 aliphatic carbocycles. The Kier molecular flexibility index (Phi) is 4.48. The van der Waals surface area contributed by atoms with Gasteiger partial charge < -0.3 is 15.4 Å². The van der Waals surface area contributed by atoms with Crippen LogP contribution in [0.4, 0.5) is 11.4 Å². The minimum atomic E-state index is -0.142. The molecule has 2 N–H and O–H groups in total. The van der Waals surface area contributed by atoms with Crippen LogP contribution >= 0.6 is 0 Å². The highest BCUT2D eigenvalue weighted by Crippen LogP contribution is 2.28. The zero-order valence-corrected chi connectivity index (χ0v) is 12.6. The third-order valence-corrected chi connectivity index (χ3v) is 3.26. The molecule has 4 heteroatoms. The fourth-order valence-electron chi connectivity index (χ4n) is 2.16. The second-order valence-electron chi connectivity index (χ2n) is 4.86. The summed E-state index contributed by atoms with van der Waals surface area (Å²) in [6.45, 7) is 4.32. The summed E-state index contributed by atoms with van der Waals surface area (Å²) in [5.74, 6) is 0.306. The number of amides is 1. The van der Waals surface area contributed by atoms with Crippen molar-refractivity contribution < 1.29 is 9.53 Å². The molecule has 1 amide bonds. The van der Waals surface area contributed by atoms with Crippen LogP contribution in [0.25, 0.3) is 0 Å². The second kappa shape index (κ2) is 6.31. The van der Waals surface area contributed by atoms with Crippen LogP contribution in [-0.4, -0.2) is 19.6 Å². The van der Waals surface area contributed by atoms with Gasteiger partial charge in [-0.15, -0.1) is 0 Å². The number of nitrogens with two attached hydrogens (primary N) is 1. The van der Waals surface area contributed by atoms with Crippen molar-refractivity contribution in [2.45, 2.75) is 13.8 Å². The molecule has 0 aliphatic rings. The Labute approximate surface area is 125 Å². The quantitative estimate of drug-likeness (QED) is 0.877. The van der Waals surface area contributed by atoms with Crippen molar-refractivity contribution in [2.24, 2.45) is 0 Å². The van der Waals surface area contributed by atoms with Crippen molar-refractivity contribution in [1.82, 2.24) is 0 Å². The highest BCUT2D eigenvalue weighted by atomic mass is 16.5. The maximum atomic E-state index is 12.7. The Bertz CT molecular complexity index is 653. The molecule has 110 valence electrons. The maximum Gasteiger partial charge on any atom is 0.261 e. The lowest BCUT2D eigenvalue weighted by atomic mass is 10.1. The van der Waals surface area contributed by atoms with E-state index in [-0.39, 0.29) is 5.91 Å². The van der Waals surface area contributed by atoms with E-state index in [2.05, 4.69) is 0 Å². The molecule has 2 aromatic rings. The molecular weight excluding hydrogens is 264 g/mol. The lowest BCUT2D eigenvalue weighted by Crippen LogP contribution is -2.27. The van der Waals surface area contributed by atoms with Gasteiger partial charge >= 0.3 is 0 Å². The highest BCUT2D eigenvalue weighted by molar-refractivity contribution is 6.08. The first kappa shape index (κ1) is 14.9. The summed E-state index contributed by atoms with van der Waals surface area (Å²) >= 11 is 0. The summed E-state index contributed by atoms with van der Waals surface area (Å²) in [7, 11) is 1.75. The third kappa shape index (κ3) is 3.16. The van der Waals surface area contributed by atoms with Gasteiger partial charge in [-0.3, -0.25) is 4.79 Å². The molecule has 4 nitrogen and oxygen atoms in total. The van der Waals surface area contributed by atoms with Gasteiger partial charge in [-0.25, -0.2) is 0 Å². The Morgan fingerprint density at radius 3 is 2.62 bits per heavy atom. The summed E-state index contributed by atoms with van der Waals surface area (Å²) < 4.78 is 5.53.